The normalized spacial score (nSPS) is 10.2. The third kappa shape index (κ3) is 11.3. The molecule has 47 heavy (non-hydrogen) atoms. The molecule has 0 spiro atoms. The van der Waals surface area contributed by atoms with Crippen LogP contribution >= 0.6 is 50.7 Å². The summed E-state index contributed by atoms with van der Waals surface area (Å²) in [5.74, 6) is 0. The van der Waals surface area contributed by atoms with Crippen molar-refractivity contribution in [2.75, 3.05) is 0 Å². The summed E-state index contributed by atoms with van der Waals surface area (Å²) < 4.78 is 2.35. The standard InChI is InChI=1S/2C18H15P.C3H2S5.Pd/c2*1-4-10-16(11-5-1)19(17-12-6-2-7-13-17)18-14-8-3-9-15-18;4-1-2(5)8-3(6)7-1;/h2*1-15H;4-5H;/q;;;+2/p-2. The second kappa shape index (κ2) is 20.2. The summed E-state index contributed by atoms with van der Waals surface area (Å²) in [4.78, 5) is 0. The van der Waals surface area contributed by atoms with Crippen molar-refractivity contribution in [3.05, 3.63) is 185 Å². The van der Waals surface area contributed by atoms with Crippen molar-refractivity contribution in [2.24, 2.45) is 0 Å². The van der Waals surface area contributed by atoms with E-state index >= 15 is 0 Å². The van der Waals surface area contributed by atoms with E-state index < -0.39 is 15.8 Å². The molecule has 0 nitrogen and oxygen atoms in total. The van der Waals surface area contributed by atoms with E-state index in [1.54, 1.807) is 0 Å². The molecule has 0 N–H and O–H groups in total. The van der Waals surface area contributed by atoms with E-state index in [2.05, 4.69) is 182 Å². The number of rotatable bonds is 6. The maximum absolute atomic E-state index is 4.83. The second-order valence-corrected chi connectivity index (χ2v) is 18.7. The van der Waals surface area contributed by atoms with E-state index in [4.69, 9.17) is 37.5 Å². The SMILES string of the molecule is S=c1sc([S-])c([S-])s1.[Pd+2].c1ccc(P(c2ccccc2)c2ccccc2)cc1.c1ccc(P(c2ccccc2)c2ccccc2)cc1. The molecule has 7 aromatic rings. The largest absolute Gasteiger partial charge is 2.00 e. The molecule has 8 heteroatoms. The minimum Gasteiger partial charge on any atom is -0.429 e. The topological polar surface area (TPSA) is 0 Å². The molecule has 1 heterocycles. The van der Waals surface area contributed by atoms with Crippen molar-refractivity contribution in [1.29, 1.82) is 0 Å². The van der Waals surface area contributed by atoms with Crippen molar-refractivity contribution in [1.82, 2.24) is 0 Å². The van der Waals surface area contributed by atoms with Crippen molar-refractivity contribution in [3.8, 4) is 0 Å². The Kier molecular flexibility index (Phi) is 16.0. The molecule has 0 fully saturated rings. The van der Waals surface area contributed by atoms with Gasteiger partial charge in [0.2, 0.25) is 0 Å². The Morgan fingerprint density at radius 2 is 0.511 bits per heavy atom. The fourth-order valence-electron chi connectivity index (χ4n) is 4.61. The second-order valence-electron chi connectivity index (χ2n) is 9.71. The monoisotopic (exact) mass is 826 g/mol. The van der Waals surface area contributed by atoms with Crippen LogP contribution in [0.2, 0.25) is 0 Å². The van der Waals surface area contributed by atoms with Crippen molar-refractivity contribution in [2.45, 2.75) is 8.42 Å². The van der Waals surface area contributed by atoms with E-state index in [-0.39, 0.29) is 20.4 Å². The zero-order valence-corrected chi connectivity index (χ0v) is 32.5. The molecule has 1 aromatic heterocycles. The third-order valence-corrected chi connectivity index (χ3v) is 15.0. The van der Waals surface area contributed by atoms with Gasteiger partial charge in [0.05, 0.1) is 0 Å². The Bertz CT molecular complexity index is 1590. The first-order valence-corrected chi connectivity index (χ1v) is 20.0. The average molecular weight is 827 g/mol. The van der Waals surface area contributed by atoms with E-state index in [9.17, 15) is 0 Å². The Hall–Kier alpha value is -2.45. The minimum atomic E-state index is -0.446. The molecule has 0 unspecified atom stereocenters. The molecule has 0 aliphatic carbocycles. The van der Waals surface area contributed by atoms with Gasteiger partial charge in [0.25, 0.3) is 0 Å². The molecule has 0 bridgehead atoms. The molecule has 0 saturated carbocycles. The Labute approximate surface area is 319 Å². The van der Waals surface area contributed by atoms with E-state index in [1.165, 1.54) is 54.5 Å². The van der Waals surface area contributed by atoms with Gasteiger partial charge in [0, 0.05) is 0 Å². The predicted octanol–water partition coefficient (Wildman–Crippen LogP) is 9.24. The van der Waals surface area contributed by atoms with Gasteiger partial charge in [-0.25, -0.2) is 0 Å². The Morgan fingerprint density at radius 3 is 0.638 bits per heavy atom. The van der Waals surface area contributed by atoms with E-state index in [0.717, 1.165) is 11.6 Å². The van der Waals surface area contributed by atoms with Crippen LogP contribution < -0.4 is 31.8 Å². The van der Waals surface area contributed by atoms with Crippen LogP contribution in [-0.4, -0.2) is 0 Å². The molecule has 0 amide bonds. The predicted molar refractivity (Wildman–Crippen MR) is 215 cm³/mol. The fourth-order valence-corrected chi connectivity index (χ4v) is 12.5. The smallest absolute Gasteiger partial charge is 0.429 e. The van der Waals surface area contributed by atoms with Crippen LogP contribution in [0.15, 0.2) is 190 Å². The van der Waals surface area contributed by atoms with Gasteiger partial charge in [-0.2, -0.15) is 0 Å². The van der Waals surface area contributed by atoms with Crippen LogP contribution in [0, 0.1) is 3.14 Å². The zero-order valence-electron chi connectivity index (χ0n) is 25.1. The van der Waals surface area contributed by atoms with Crippen LogP contribution in [-0.2, 0) is 45.7 Å². The van der Waals surface area contributed by atoms with E-state index in [1.807, 2.05) is 0 Å². The van der Waals surface area contributed by atoms with Gasteiger partial charge in [-0.15, -0.1) is 20.6 Å². The molecule has 0 radical (unpaired) electrons. The van der Waals surface area contributed by atoms with E-state index in [0.29, 0.717) is 0 Å². The van der Waals surface area contributed by atoms with Gasteiger partial charge in [-0.05, 0) is 50.8 Å². The number of hydrogen-bond donors (Lipinski definition) is 0. The van der Waals surface area contributed by atoms with Crippen LogP contribution in [0.4, 0.5) is 0 Å². The molecule has 236 valence electrons. The van der Waals surface area contributed by atoms with Gasteiger partial charge in [0.1, 0.15) is 0 Å². The quantitative estimate of drug-likeness (QED) is 0.0711. The maximum Gasteiger partial charge on any atom is 2.00 e. The van der Waals surface area contributed by atoms with Crippen molar-refractivity contribution < 1.29 is 20.4 Å². The number of benzene rings is 6. The summed E-state index contributed by atoms with van der Waals surface area (Å²) in [5, 5.41) is 8.39. The van der Waals surface area contributed by atoms with Crippen molar-refractivity contribution >= 4 is 108 Å². The first kappa shape index (κ1) is 37.4. The molecular formula is C39H30P2PdS5. The molecular weight excluding hydrogens is 797 g/mol. The Morgan fingerprint density at radius 1 is 0.340 bits per heavy atom. The zero-order chi connectivity index (χ0) is 32.0. The summed E-state index contributed by atoms with van der Waals surface area (Å²) in [6.07, 6.45) is 0. The van der Waals surface area contributed by atoms with Crippen LogP contribution in [0.1, 0.15) is 0 Å². The molecule has 7 rings (SSSR count). The summed E-state index contributed by atoms with van der Waals surface area (Å²) in [7, 11) is -0.892. The fraction of sp³-hybridized carbons (Fsp3) is 0. The van der Waals surface area contributed by atoms with Gasteiger partial charge < -0.3 is 47.9 Å². The maximum atomic E-state index is 4.83. The summed E-state index contributed by atoms with van der Waals surface area (Å²) in [6, 6.07) is 64.7. The van der Waals surface area contributed by atoms with Crippen LogP contribution in [0.5, 0.6) is 0 Å². The average Bonchev–Trinajstić information content (AvgIpc) is 3.42. The third-order valence-electron chi connectivity index (χ3n) is 6.61. The first-order valence-electron chi connectivity index (χ1n) is 14.5. The molecule has 0 aliphatic heterocycles. The van der Waals surface area contributed by atoms with Gasteiger partial charge in [0.15, 0.2) is 0 Å². The van der Waals surface area contributed by atoms with Gasteiger partial charge in [-0.3, -0.25) is 0 Å². The first-order chi connectivity index (χ1) is 22.6. The van der Waals surface area contributed by atoms with Crippen LogP contribution in [0.3, 0.4) is 0 Å². The summed E-state index contributed by atoms with van der Waals surface area (Å²) >= 11 is 17.3. The van der Waals surface area contributed by atoms with Crippen molar-refractivity contribution in [3.63, 3.8) is 0 Å². The molecule has 0 atom stereocenters. The van der Waals surface area contributed by atoms with Crippen LogP contribution in [0.25, 0.3) is 0 Å². The van der Waals surface area contributed by atoms with Gasteiger partial charge in [-0.1, -0.05) is 182 Å². The summed E-state index contributed by atoms with van der Waals surface area (Å²) in [6.45, 7) is 0. The molecule has 0 aliphatic rings. The number of hydrogen-bond acceptors (Lipinski definition) is 5. The Balaban J connectivity index is 0.000000171. The van der Waals surface area contributed by atoms with Gasteiger partial charge >= 0.3 is 20.4 Å². The molecule has 0 saturated heterocycles. The summed E-state index contributed by atoms with van der Waals surface area (Å²) in [5.41, 5.74) is 0. The molecule has 6 aromatic carbocycles. The minimum absolute atomic E-state index is 0.